The van der Waals surface area contributed by atoms with Crippen molar-refractivity contribution in [2.24, 2.45) is 11.8 Å². The second-order valence-corrected chi connectivity index (χ2v) is 12.6. The molecular formula is C27H35Cl3O8S. The van der Waals surface area contributed by atoms with Crippen LogP contribution in [-0.4, -0.2) is 85.7 Å². The fourth-order valence-electron chi connectivity index (χ4n) is 5.05. The lowest BCUT2D eigenvalue weighted by atomic mass is 9.85. The summed E-state index contributed by atoms with van der Waals surface area (Å²) in [5.41, 5.74) is 1.02. The number of aryl methyl sites for hydroxylation is 2. The van der Waals surface area contributed by atoms with Crippen LogP contribution in [0.1, 0.15) is 45.8 Å². The molecule has 0 spiro atoms. The summed E-state index contributed by atoms with van der Waals surface area (Å²) in [5, 5.41) is 59.3. The summed E-state index contributed by atoms with van der Waals surface area (Å²) in [6.45, 7) is -1.39. The SMILES string of the molecule is O=C(OC[C@@H](O)[C@@H](O)[C@@H](O)[C@H](O)CO)c1ccc(CCC[C@@H]2[C@@H](CCc3cc(Cl)cc(Cl)c3)[C@H](O)C[C@H]2Cl)s1. The van der Waals surface area contributed by atoms with E-state index in [-0.39, 0.29) is 17.2 Å². The van der Waals surface area contributed by atoms with Crippen LogP contribution >= 0.6 is 46.1 Å². The third-order valence-electron chi connectivity index (χ3n) is 7.20. The fourth-order valence-corrected chi connectivity index (χ4v) is 7.06. The minimum atomic E-state index is -1.80. The van der Waals surface area contributed by atoms with Crippen LogP contribution in [-0.2, 0) is 17.6 Å². The van der Waals surface area contributed by atoms with Crippen molar-refractivity contribution in [3.8, 4) is 0 Å². The number of ether oxygens (including phenoxy) is 1. The minimum absolute atomic E-state index is 0.0675. The molecule has 0 aliphatic heterocycles. The van der Waals surface area contributed by atoms with Gasteiger partial charge in [0, 0.05) is 20.3 Å². The summed E-state index contributed by atoms with van der Waals surface area (Å²) < 4.78 is 5.04. The Kier molecular flexibility index (Phi) is 12.8. The molecule has 0 unspecified atom stereocenters. The van der Waals surface area contributed by atoms with Gasteiger partial charge in [-0.3, -0.25) is 0 Å². The zero-order chi connectivity index (χ0) is 28.7. The molecule has 1 saturated carbocycles. The highest BCUT2D eigenvalue weighted by atomic mass is 35.5. The molecule has 1 aliphatic rings. The topological polar surface area (TPSA) is 148 Å². The van der Waals surface area contributed by atoms with E-state index >= 15 is 0 Å². The van der Waals surface area contributed by atoms with Crippen molar-refractivity contribution in [1.29, 1.82) is 0 Å². The first-order valence-corrected chi connectivity index (χ1v) is 14.9. The molecule has 1 aromatic heterocycles. The van der Waals surface area contributed by atoms with Gasteiger partial charge < -0.3 is 35.4 Å². The number of benzene rings is 1. The lowest BCUT2D eigenvalue weighted by molar-refractivity contribution is -0.124. The number of hydrogen-bond donors (Lipinski definition) is 6. The van der Waals surface area contributed by atoms with E-state index in [0.29, 0.717) is 21.3 Å². The molecule has 8 nitrogen and oxygen atoms in total. The maximum absolute atomic E-state index is 12.4. The predicted molar refractivity (Wildman–Crippen MR) is 151 cm³/mol. The summed E-state index contributed by atoms with van der Waals surface area (Å²) in [4.78, 5) is 13.7. The standard InChI is InChI=1S/C27H35Cl3O8S/c28-15-8-14(9-16(29)10-15)4-6-19-18(20(30)11-21(19)32)3-1-2-17-5-7-24(39-17)27(37)38-13-23(34)26(36)25(35)22(33)12-31/h5,7-10,18-23,25-26,31-36H,1-4,6,11-13H2/t18-,19-,20-,21-,22-,23-,25+,26-/m1/s1. The normalized spacial score (nSPS) is 24.3. The maximum atomic E-state index is 12.4. The first-order valence-electron chi connectivity index (χ1n) is 12.9. The van der Waals surface area contributed by atoms with E-state index in [0.717, 1.165) is 42.5 Å². The zero-order valence-electron chi connectivity index (χ0n) is 21.2. The molecule has 39 heavy (non-hydrogen) atoms. The van der Waals surface area contributed by atoms with Crippen molar-refractivity contribution in [3.05, 3.63) is 55.7 Å². The number of thiophene rings is 1. The Balaban J connectivity index is 1.46. The van der Waals surface area contributed by atoms with E-state index in [4.69, 9.17) is 44.6 Å². The quantitative estimate of drug-likeness (QED) is 0.139. The van der Waals surface area contributed by atoms with Crippen molar-refractivity contribution in [3.63, 3.8) is 0 Å². The van der Waals surface area contributed by atoms with E-state index in [1.807, 2.05) is 18.2 Å². The van der Waals surface area contributed by atoms with Crippen molar-refractivity contribution >= 4 is 52.1 Å². The number of esters is 1. The maximum Gasteiger partial charge on any atom is 0.348 e. The number of rotatable bonds is 14. The number of carbonyl (C=O) groups is 1. The van der Waals surface area contributed by atoms with Gasteiger partial charge in [-0.2, -0.15) is 0 Å². The van der Waals surface area contributed by atoms with Gasteiger partial charge in [-0.15, -0.1) is 22.9 Å². The number of carbonyl (C=O) groups excluding carboxylic acids is 1. The highest BCUT2D eigenvalue weighted by Gasteiger charge is 2.40. The molecule has 0 amide bonds. The molecule has 0 radical (unpaired) electrons. The van der Waals surface area contributed by atoms with Crippen LogP contribution in [0.15, 0.2) is 30.3 Å². The largest absolute Gasteiger partial charge is 0.459 e. The first kappa shape index (κ1) is 32.5. The van der Waals surface area contributed by atoms with Crippen LogP contribution in [0.5, 0.6) is 0 Å². The molecule has 3 rings (SSSR count). The number of halogens is 3. The molecule has 12 heteroatoms. The number of aliphatic hydroxyl groups excluding tert-OH is 6. The molecule has 1 fully saturated rings. The average molecular weight is 626 g/mol. The second kappa shape index (κ2) is 15.3. The van der Waals surface area contributed by atoms with Crippen molar-refractivity contribution in [2.75, 3.05) is 13.2 Å². The van der Waals surface area contributed by atoms with E-state index in [1.54, 1.807) is 12.1 Å². The molecule has 0 bridgehead atoms. The van der Waals surface area contributed by atoms with Gasteiger partial charge in [0.1, 0.15) is 35.9 Å². The van der Waals surface area contributed by atoms with Crippen LogP contribution in [0.25, 0.3) is 0 Å². The summed E-state index contributed by atoms with van der Waals surface area (Å²) >= 11 is 20.1. The number of hydrogen-bond acceptors (Lipinski definition) is 9. The van der Waals surface area contributed by atoms with Gasteiger partial charge in [0.15, 0.2) is 0 Å². The Labute approximate surface area is 246 Å². The van der Waals surface area contributed by atoms with Crippen molar-refractivity contribution < 1.29 is 40.2 Å². The highest BCUT2D eigenvalue weighted by molar-refractivity contribution is 7.13. The van der Waals surface area contributed by atoms with Gasteiger partial charge in [-0.05, 0) is 86.3 Å². The van der Waals surface area contributed by atoms with E-state index in [9.17, 15) is 30.3 Å². The van der Waals surface area contributed by atoms with Crippen LogP contribution in [0.3, 0.4) is 0 Å². The Morgan fingerprint density at radius 2 is 1.64 bits per heavy atom. The monoisotopic (exact) mass is 624 g/mol. The third-order valence-corrected chi connectivity index (χ3v) is 9.26. The molecule has 6 N–H and O–H groups in total. The molecule has 0 saturated heterocycles. The average Bonchev–Trinajstić information content (AvgIpc) is 3.47. The summed E-state index contributed by atoms with van der Waals surface area (Å²) in [6, 6.07) is 8.91. The molecule has 8 atom stereocenters. The smallest absolute Gasteiger partial charge is 0.348 e. The summed E-state index contributed by atoms with van der Waals surface area (Å²) in [6.07, 6.45) is -2.88. The fraction of sp³-hybridized carbons (Fsp3) is 0.593. The van der Waals surface area contributed by atoms with Gasteiger partial charge in [0.25, 0.3) is 0 Å². The van der Waals surface area contributed by atoms with Gasteiger partial charge in [-0.25, -0.2) is 4.79 Å². The van der Waals surface area contributed by atoms with Gasteiger partial charge >= 0.3 is 5.97 Å². The second-order valence-electron chi connectivity index (χ2n) is 10.0. The van der Waals surface area contributed by atoms with Gasteiger partial charge in [0.05, 0.1) is 12.7 Å². The molecule has 1 aromatic carbocycles. The van der Waals surface area contributed by atoms with E-state index in [1.165, 1.54) is 11.3 Å². The first-order chi connectivity index (χ1) is 18.5. The molecule has 1 aliphatic carbocycles. The lowest BCUT2D eigenvalue weighted by Crippen LogP contribution is -2.47. The third kappa shape index (κ3) is 9.26. The molecular weight excluding hydrogens is 591 g/mol. The van der Waals surface area contributed by atoms with Crippen molar-refractivity contribution in [2.45, 2.75) is 74.4 Å². The Morgan fingerprint density at radius 3 is 2.31 bits per heavy atom. The van der Waals surface area contributed by atoms with Crippen LogP contribution in [0.2, 0.25) is 10.0 Å². The Bertz CT molecular complexity index is 1050. The summed E-state index contributed by atoms with van der Waals surface area (Å²) in [5.74, 6) is -0.457. The molecule has 2 aromatic rings. The Morgan fingerprint density at radius 1 is 0.974 bits per heavy atom. The van der Waals surface area contributed by atoms with Gasteiger partial charge in [-0.1, -0.05) is 23.2 Å². The minimum Gasteiger partial charge on any atom is -0.459 e. The van der Waals surface area contributed by atoms with Gasteiger partial charge in [0.2, 0.25) is 0 Å². The van der Waals surface area contributed by atoms with Crippen molar-refractivity contribution in [1.82, 2.24) is 0 Å². The zero-order valence-corrected chi connectivity index (χ0v) is 24.3. The lowest BCUT2D eigenvalue weighted by Gasteiger charge is -2.25. The molecule has 218 valence electrons. The number of aliphatic hydroxyl groups is 6. The van der Waals surface area contributed by atoms with Crippen LogP contribution in [0.4, 0.5) is 0 Å². The molecule has 1 heterocycles. The highest BCUT2D eigenvalue weighted by Crippen LogP contribution is 2.42. The Hall–Kier alpha value is -0.980. The summed E-state index contributed by atoms with van der Waals surface area (Å²) in [7, 11) is 0. The predicted octanol–water partition coefficient (Wildman–Crippen LogP) is 3.21. The number of alkyl halides is 1. The van der Waals surface area contributed by atoms with Crippen LogP contribution in [0, 0.1) is 11.8 Å². The van der Waals surface area contributed by atoms with E-state index < -0.39 is 49.7 Å². The van der Waals surface area contributed by atoms with Crippen LogP contribution < -0.4 is 0 Å². The van der Waals surface area contributed by atoms with E-state index in [2.05, 4.69) is 0 Å².